The normalized spacial score (nSPS) is 18.9. The number of benzene rings is 2. The van der Waals surface area contributed by atoms with Crippen LogP contribution in [-0.2, 0) is 4.79 Å². The van der Waals surface area contributed by atoms with Crippen LogP contribution in [0.2, 0.25) is 0 Å². The van der Waals surface area contributed by atoms with Gasteiger partial charge in [0.15, 0.2) is 0 Å². The maximum atomic E-state index is 12.8. The average Bonchev–Trinajstić information content (AvgIpc) is 2.62. The first kappa shape index (κ1) is 16.6. The number of para-hydroxylation sites is 1. The molecule has 0 saturated carbocycles. The van der Waals surface area contributed by atoms with Gasteiger partial charge in [-0.25, -0.2) is 0 Å². The summed E-state index contributed by atoms with van der Waals surface area (Å²) < 4.78 is 0. The third-order valence-electron chi connectivity index (χ3n) is 4.72. The van der Waals surface area contributed by atoms with E-state index >= 15 is 0 Å². The van der Waals surface area contributed by atoms with Gasteiger partial charge in [0.2, 0.25) is 5.91 Å². The molecule has 0 unspecified atom stereocenters. The van der Waals surface area contributed by atoms with Crippen molar-refractivity contribution in [3.8, 4) is 11.1 Å². The smallest absolute Gasteiger partial charge is 0.244 e. The zero-order valence-electron chi connectivity index (χ0n) is 14.5. The Bertz CT molecular complexity index is 683. The Morgan fingerprint density at radius 3 is 2.58 bits per heavy atom. The molecule has 3 heteroatoms. The van der Waals surface area contributed by atoms with Gasteiger partial charge in [0, 0.05) is 24.3 Å². The largest absolute Gasteiger partial charge is 0.373 e. The maximum absolute atomic E-state index is 12.8. The van der Waals surface area contributed by atoms with Crippen molar-refractivity contribution in [3.05, 3.63) is 54.6 Å². The fourth-order valence-corrected chi connectivity index (χ4v) is 3.44. The Kier molecular flexibility index (Phi) is 5.19. The van der Waals surface area contributed by atoms with Gasteiger partial charge in [-0.15, -0.1) is 0 Å². The summed E-state index contributed by atoms with van der Waals surface area (Å²) in [7, 11) is 0. The number of likely N-dealkylation sites (tertiary alicyclic amines) is 1. The number of hydrogen-bond acceptors (Lipinski definition) is 2. The molecule has 1 heterocycles. The molecule has 1 N–H and O–H groups in total. The second-order valence-corrected chi connectivity index (χ2v) is 6.81. The molecule has 1 amide bonds. The van der Waals surface area contributed by atoms with Gasteiger partial charge >= 0.3 is 0 Å². The minimum absolute atomic E-state index is 0.199. The Morgan fingerprint density at radius 2 is 1.83 bits per heavy atom. The van der Waals surface area contributed by atoms with Gasteiger partial charge in [-0.3, -0.25) is 4.79 Å². The van der Waals surface area contributed by atoms with Gasteiger partial charge in [0.1, 0.15) is 6.04 Å². The molecule has 1 saturated heterocycles. The number of carbonyl (C=O) groups is 1. The monoisotopic (exact) mass is 322 g/mol. The number of rotatable bonds is 4. The van der Waals surface area contributed by atoms with E-state index in [2.05, 4.69) is 30.4 Å². The second kappa shape index (κ2) is 7.52. The Hall–Kier alpha value is -2.29. The maximum Gasteiger partial charge on any atom is 0.244 e. The van der Waals surface area contributed by atoms with Gasteiger partial charge in [0.25, 0.3) is 0 Å². The van der Waals surface area contributed by atoms with Gasteiger partial charge in [-0.2, -0.15) is 0 Å². The molecule has 3 nitrogen and oxygen atoms in total. The number of carbonyl (C=O) groups excluding carboxylic acids is 1. The zero-order valence-corrected chi connectivity index (χ0v) is 14.5. The fourth-order valence-electron chi connectivity index (χ4n) is 3.44. The Balaban J connectivity index is 1.75. The summed E-state index contributed by atoms with van der Waals surface area (Å²) in [5, 5.41) is 3.43. The van der Waals surface area contributed by atoms with Gasteiger partial charge in [-0.1, -0.05) is 55.5 Å². The third kappa shape index (κ3) is 3.78. The van der Waals surface area contributed by atoms with Gasteiger partial charge in [0.05, 0.1) is 0 Å². The molecule has 0 bridgehead atoms. The van der Waals surface area contributed by atoms with Gasteiger partial charge < -0.3 is 10.2 Å². The summed E-state index contributed by atoms with van der Waals surface area (Å²) in [5.74, 6) is 0.802. The van der Waals surface area contributed by atoms with Crippen LogP contribution in [0, 0.1) is 5.92 Å². The standard InChI is InChI=1S/C21H26N2O/c1-16-9-8-14-23(15-16)21(24)17(2)22-20-13-7-6-12-19(20)18-10-4-3-5-11-18/h3-7,10-13,16-17,22H,8-9,14-15H2,1-2H3/t16-,17-/m1/s1. The molecule has 3 rings (SSSR count). The molecule has 2 aromatic carbocycles. The minimum Gasteiger partial charge on any atom is -0.373 e. The number of hydrogen-bond donors (Lipinski definition) is 1. The van der Waals surface area contributed by atoms with Crippen LogP contribution in [0.3, 0.4) is 0 Å². The van der Waals surface area contributed by atoms with E-state index in [1.165, 1.54) is 6.42 Å². The highest BCUT2D eigenvalue weighted by Crippen LogP contribution is 2.28. The van der Waals surface area contributed by atoms with Crippen molar-refractivity contribution in [1.29, 1.82) is 0 Å². The van der Waals surface area contributed by atoms with E-state index in [-0.39, 0.29) is 11.9 Å². The van der Waals surface area contributed by atoms with Crippen molar-refractivity contribution >= 4 is 11.6 Å². The topological polar surface area (TPSA) is 32.3 Å². The molecule has 1 aliphatic rings. The molecule has 1 fully saturated rings. The van der Waals surface area contributed by atoms with Crippen LogP contribution in [0.15, 0.2) is 54.6 Å². The molecule has 0 spiro atoms. The predicted molar refractivity (Wildman–Crippen MR) is 99.9 cm³/mol. The van der Waals surface area contributed by atoms with E-state index in [4.69, 9.17) is 0 Å². The molecule has 126 valence electrons. The molecule has 24 heavy (non-hydrogen) atoms. The van der Waals surface area contributed by atoms with E-state index in [9.17, 15) is 4.79 Å². The lowest BCUT2D eigenvalue weighted by molar-refractivity contribution is -0.133. The van der Waals surface area contributed by atoms with Crippen molar-refractivity contribution in [1.82, 2.24) is 4.90 Å². The highest BCUT2D eigenvalue weighted by atomic mass is 16.2. The zero-order chi connectivity index (χ0) is 16.9. The number of nitrogens with one attached hydrogen (secondary N) is 1. The Morgan fingerprint density at radius 1 is 1.12 bits per heavy atom. The first-order valence-electron chi connectivity index (χ1n) is 8.85. The van der Waals surface area contributed by atoms with E-state index in [1.807, 2.05) is 48.2 Å². The van der Waals surface area contributed by atoms with Crippen molar-refractivity contribution in [2.24, 2.45) is 5.92 Å². The Labute approximate surface area is 144 Å². The van der Waals surface area contributed by atoms with Crippen molar-refractivity contribution < 1.29 is 4.79 Å². The predicted octanol–water partition coefficient (Wildman–Crippen LogP) is 4.41. The van der Waals surface area contributed by atoms with Crippen LogP contribution in [-0.4, -0.2) is 29.9 Å². The summed E-state index contributed by atoms with van der Waals surface area (Å²) in [4.78, 5) is 14.8. The lowest BCUT2D eigenvalue weighted by Crippen LogP contribution is -2.45. The van der Waals surface area contributed by atoms with Crippen LogP contribution < -0.4 is 5.32 Å². The first-order chi connectivity index (χ1) is 11.6. The van der Waals surface area contributed by atoms with Crippen LogP contribution in [0.1, 0.15) is 26.7 Å². The van der Waals surface area contributed by atoms with E-state index in [0.717, 1.165) is 36.3 Å². The summed E-state index contributed by atoms with van der Waals surface area (Å²) in [6, 6.07) is 18.2. The molecule has 2 aromatic rings. The van der Waals surface area contributed by atoms with E-state index in [0.29, 0.717) is 5.92 Å². The lowest BCUT2D eigenvalue weighted by Gasteiger charge is -2.33. The van der Waals surface area contributed by atoms with Crippen LogP contribution in [0.25, 0.3) is 11.1 Å². The molecule has 0 radical (unpaired) electrons. The van der Waals surface area contributed by atoms with Crippen molar-refractivity contribution in [3.63, 3.8) is 0 Å². The highest BCUT2D eigenvalue weighted by Gasteiger charge is 2.25. The SMILES string of the molecule is C[C@@H]1CCCN(C(=O)[C@@H](C)Nc2ccccc2-c2ccccc2)C1. The molecule has 0 aliphatic carbocycles. The number of nitrogens with zero attached hydrogens (tertiary/aromatic N) is 1. The molecule has 2 atom stereocenters. The quantitative estimate of drug-likeness (QED) is 0.904. The molecular weight excluding hydrogens is 296 g/mol. The molecular formula is C21H26N2O. The van der Waals surface area contributed by atoms with E-state index < -0.39 is 0 Å². The average molecular weight is 322 g/mol. The summed E-state index contributed by atoms with van der Waals surface area (Å²) in [5.41, 5.74) is 3.30. The first-order valence-corrected chi connectivity index (χ1v) is 8.85. The lowest BCUT2D eigenvalue weighted by atomic mass is 9.99. The summed E-state index contributed by atoms with van der Waals surface area (Å²) in [6.07, 6.45) is 2.34. The highest BCUT2D eigenvalue weighted by molar-refractivity contribution is 5.87. The number of piperidine rings is 1. The molecule has 0 aromatic heterocycles. The van der Waals surface area contributed by atoms with Crippen LogP contribution in [0.5, 0.6) is 0 Å². The van der Waals surface area contributed by atoms with Crippen LogP contribution >= 0.6 is 0 Å². The van der Waals surface area contributed by atoms with Crippen molar-refractivity contribution in [2.75, 3.05) is 18.4 Å². The summed E-state index contributed by atoms with van der Waals surface area (Å²) >= 11 is 0. The van der Waals surface area contributed by atoms with E-state index in [1.54, 1.807) is 0 Å². The van der Waals surface area contributed by atoms with Gasteiger partial charge in [-0.05, 0) is 37.3 Å². The van der Waals surface area contributed by atoms with Crippen LogP contribution in [0.4, 0.5) is 5.69 Å². The third-order valence-corrected chi connectivity index (χ3v) is 4.72. The number of anilines is 1. The fraction of sp³-hybridized carbons (Fsp3) is 0.381. The molecule has 1 aliphatic heterocycles. The summed E-state index contributed by atoms with van der Waals surface area (Å²) in [6.45, 7) is 5.95. The second-order valence-electron chi connectivity index (χ2n) is 6.81. The van der Waals surface area contributed by atoms with Crippen molar-refractivity contribution in [2.45, 2.75) is 32.7 Å². The minimum atomic E-state index is -0.222. The number of amides is 1.